The molecule has 0 spiro atoms. The van der Waals surface area contributed by atoms with Crippen LogP contribution in [0.15, 0.2) is 60.8 Å². The van der Waals surface area contributed by atoms with Gasteiger partial charge in [0.1, 0.15) is 0 Å². The lowest BCUT2D eigenvalue weighted by Crippen LogP contribution is -1.89. The van der Waals surface area contributed by atoms with Gasteiger partial charge in [-0.05, 0) is 24.1 Å². The Bertz CT molecular complexity index is 358. The van der Waals surface area contributed by atoms with E-state index >= 15 is 0 Å². The lowest BCUT2D eigenvalue weighted by Gasteiger charge is -2.00. The molecule has 2 N–H and O–H groups in total. The smallest absolute Gasteiger partial charge is 0.0241 e. The van der Waals surface area contributed by atoms with Crippen molar-refractivity contribution in [2.75, 3.05) is 0 Å². The van der Waals surface area contributed by atoms with E-state index in [0.717, 1.165) is 5.57 Å². The van der Waals surface area contributed by atoms with E-state index < -0.39 is 0 Å². The molecule has 0 unspecified atom stereocenters. The van der Waals surface area contributed by atoms with Crippen LogP contribution in [-0.2, 0) is 0 Å². The number of hydrogen-bond acceptors (Lipinski definition) is 1. The molecular formula is C13H15N. The molecule has 0 aliphatic rings. The molecule has 1 nitrogen and oxygen atoms in total. The van der Waals surface area contributed by atoms with Crippen LogP contribution >= 0.6 is 0 Å². The van der Waals surface area contributed by atoms with Gasteiger partial charge in [0.15, 0.2) is 0 Å². The van der Waals surface area contributed by atoms with E-state index in [1.165, 1.54) is 5.56 Å². The van der Waals surface area contributed by atoms with E-state index in [9.17, 15) is 0 Å². The molecule has 0 aliphatic carbocycles. The quantitative estimate of drug-likeness (QED) is 0.719. The lowest BCUT2D eigenvalue weighted by molar-refractivity contribution is 1.45. The fourth-order valence-corrected chi connectivity index (χ4v) is 1.19. The first kappa shape index (κ1) is 10.3. The summed E-state index contributed by atoms with van der Waals surface area (Å²) in [5, 5.41) is 0. The van der Waals surface area contributed by atoms with E-state index in [2.05, 4.69) is 24.8 Å². The fourth-order valence-electron chi connectivity index (χ4n) is 1.19. The Morgan fingerprint density at radius 3 is 2.36 bits per heavy atom. The topological polar surface area (TPSA) is 26.0 Å². The highest BCUT2D eigenvalue weighted by atomic mass is 14.5. The molecule has 1 aromatic carbocycles. The summed E-state index contributed by atoms with van der Waals surface area (Å²) in [4.78, 5) is 0. The van der Waals surface area contributed by atoms with Gasteiger partial charge in [-0.2, -0.15) is 0 Å². The molecule has 14 heavy (non-hydrogen) atoms. The Labute approximate surface area is 85.3 Å². The minimum atomic E-state index is 0.570. The third-order valence-electron chi connectivity index (χ3n) is 1.90. The molecule has 0 saturated carbocycles. The third kappa shape index (κ3) is 2.94. The van der Waals surface area contributed by atoms with Crippen molar-refractivity contribution < 1.29 is 0 Å². The molecule has 1 rings (SSSR count). The highest BCUT2D eigenvalue weighted by Crippen LogP contribution is 2.15. The molecule has 0 aromatic heterocycles. The number of benzene rings is 1. The minimum Gasteiger partial charge on any atom is -0.399 e. The van der Waals surface area contributed by atoms with Gasteiger partial charge in [-0.25, -0.2) is 0 Å². The Morgan fingerprint density at radius 1 is 1.21 bits per heavy atom. The van der Waals surface area contributed by atoms with Crippen LogP contribution in [0.1, 0.15) is 12.5 Å². The minimum absolute atomic E-state index is 0.570. The SMILES string of the molecule is C=C(N)/C=C\C(=C/C)c1ccccc1. The first-order valence-electron chi connectivity index (χ1n) is 4.58. The van der Waals surface area contributed by atoms with Crippen molar-refractivity contribution in [2.45, 2.75) is 6.92 Å². The standard InChI is InChI=1S/C13H15N/c1-3-12(10-9-11(2)14)13-7-5-4-6-8-13/h3-10H,2,14H2,1H3/b10-9-,12-3+. The second kappa shape index (κ2) is 5.07. The zero-order valence-electron chi connectivity index (χ0n) is 8.40. The second-order valence-corrected chi connectivity index (χ2v) is 3.02. The van der Waals surface area contributed by atoms with E-state index in [1.807, 2.05) is 37.3 Å². The lowest BCUT2D eigenvalue weighted by atomic mass is 10.1. The maximum absolute atomic E-state index is 5.47. The third-order valence-corrected chi connectivity index (χ3v) is 1.90. The van der Waals surface area contributed by atoms with Crippen LogP contribution in [0.5, 0.6) is 0 Å². The van der Waals surface area contributed by atoms with E-state index in [0.29, 0.717) is 5.70 Å². The van der Waals surface area contributed by atoms with Crippen LogP contribution in [0.3, 0.4) is 0 Å². The van der Waals surface area contributed by atoms with Gasteiger partial charge in [0.05, 0.1) is 0 Å². The Morgan fingerprint density at radius 2 is 1.86 bits per heavy atom. The van der Waals surface area contributed by atoms with Crippen molar-refractivity contribution in [3.05, 3.63) is 66.4 Å². The predicted octanol–water partition coefficient (Wildman–Crippen LogP) is 3.12. The highest BCUT2D eigenvalue weighted by molar-refractivity contribution is 5.74. The molecule has 72 valence electrons. The summed E-state index contributed by atoms with van der Waals surface area (Å²) in [5.41, 5.74) is 8.37. The highest BCUT2D eigenvalue weighted by Gasteiger charge is 1.93. The van der Waals surface area contributed by atoms with Gasteiger partial charge in [-0.3, -0.25) is 0 Å². The van der Waals surface area contributed by atoms with Crippen LogP contribution in [0.4, 0.5) is 0 Å². The van der Waals surface area contributed by atoms with E-state index in [4.69, 9.17) is 5.73 Å². The summed E-state index contributed by atoms with van der Waals surface area (Å²) in [6, 6.07) is 10.2. The number of hydrogen-bond donors (Lipinski definition) is 1. The van der Waals surface area contributed by atoms with Crippen LogP contribution in [0.25, 0.3) is 5.57 Å². The molecule has 0 aliphatic heterocycles. The number of nitrogens with two attached hydrogens (primary N) is 1. The monoisotopic (exact) mass is 185 g/mol. The average molecular weight is 185 g/mol. The van der Waals surface area contributed by atoms with Crippen molar-refractivity contribution in [1.82, 2.24) is 0 Å². The van der Waals surface area contributed by atoms with Gasteiger partial charge < -0.3 is 5.73 Å². The zero-order valence-corrected chi connectivity index (χ0v) is 8.40. The molecule has 0 heterocycles. The van der Waals surface area contributed by atoms with E-state index in [1.54, 1.807) is 0 Å². The van der Waals surface area contributed by atoms with Crippen LogP contribution in [-0.4, -0.2) is 0 Å². The molecule has 1 heteroatoms. The van der Waals surface area contributed by atoms with Crippen molar-refractivity contribution in [3.63, 3.8) is 0 Å². The van der Waals surface area contributed by atoms with Gasteiger partial charge in [0.25, 0.3) is 0 Å². The largest absolute Gasteiger partial charge is 0.399 e. The summed E-state index contributed by atoms with van der Waals surface area (Å²) in [5.74, 6) is 0. The van der Waals surface area contributed by atoms with Crippen molar-refractivity contribution >= 4 is 5.57 Å². The van der Waals surface area contributed by atoms with E-state index in [-0.39, 0.29) is 0 Å². The van der Waals surface area contributed by atoms with Gasteiger partial charge in [0, 0.05) is 5.70 Å². The molecular weight excluding hydrogens is 170 g/mol. The molecule has 0 amide bonds. The van der Waals surface area contributed by atoms with Gasteiger partial charge in [-0.1, -0.05) is 49.1 Å². The average Bonchev–Trinajstić information content (AvgIpc) is 2.20. The zero-order chi connectivity index (χ0) is 10.4. The first-order chi connectivity index (χ1) is 6.74. The second-order valence-electron chi connectivity index (χ2n) is 3.02. The molecule has 1 aromatic rings. The molecule has 0 atom stereocenters. The Balaban J connectivity index is 2.90. The first-order valence-corrected chi connectivity index (χ1v) is 4.58. The number of rotatable bonds is 3. The molecule has 0 bridgehead atoms. The van der Waals surface area contributed by atoms with Crippen LogP contribution in [0.2, 0.25) is 0 Å². The van der Waals surface area contributed by atoms with Crippen molar-refractivity contribution in [2.24, 2.45) is 5.73 Å². The summed E-state index contributed by atoms with van der Waals surface area (Å²) in [6.07, 6.45) is 5.83. The molecule has 0 radical (unpaired) electrons. The summed E-state index contributed by atoms with van der Waals surface area (Å²) < 4.78 is 0. The molecule has 0 saturated heterocycles. The van der Waals surface area contributed by atoms with Gasteiger partial charge in [0.2, 0.25) is 0 Å². The molecule has 0 fully saturated rings. The maximum Gasteiger partial charge on any atom is 0.0241 e. The van der Waals surface area contributed by atoms with Crippen molar-refractivity contribution in [1.29, 1.82) is 0 Å². The predicted molar refractivity (Wildman–Crippen MR) is 62.6 cm³/mol. The Hall–Kier alpha value is -1.76. The van der Waals surface area contributed by atoms with Crippen LogP contribution in [0, 0.1) is 0 Å². The fraction of sp³-hybridized carbons (Fsp3) is 0.0769. The van der Waals surface area contributed by atoms with Crippen molar-refractivity contribution in [3.8, 4) is 0 Å². The summed E-state index contributed by atoms with van der Waals surface area (Å²) >= 11 is 0. The normalized spacial score (nSPS) is 11.9. The maximum atomic E-state index is 5.47. The van der Waals surface area contributed by atoms with Gasteiger partial charge >= 0.3 is 0 Å². The van der Waals surface area contributed by atoms with Gasteiger partial charge in [-0.15, -0.1) is 0 Å². The Kier molecular flexibility index (Phi) is 3.74. The summed E-state index contributed by atoms with van der Waals surface area (Å²) in [6.45, 7) is 5.62. The number of allylic oxidation sites excluding steroid dienone is 4. The van der Waals surface area contributed by atoms with Crippen LogP contribution < -0.4 is 5.73 Å². The summed E-state index contributed by atoms with van der Waals surface area (Å²) in [7, 11) is 0.